The van der Waals surface area contributed by atoms with Gasteiger partial charge in [-0.1, -0.05) is 6.92 Å². The molecule has 5 heteroatoms. The van der Waals surface area contributed by atoms with Gasteiger partial charge in [0.1, 0.15) is 0 Å². The summed E-state index contributed by atoms with van der Waals surface area (Å²) in [5, 5.41) is 6.70. The van der Waals surface area contributed by atoms with E-state index in [9.17, 15) is 0 Å². The van der Waals surface area contributed by atoms with Crippen molar-refractivity contribution in [2.75, 3.05) is 0 Å². The zero-order chi connectivity index (χ0) is 13.8. The fourth-order valence-electron chi connectivity index (χ4n) is 2.30. The summed E-state index contributed by atoms with van der Waals surface area (Å²) in [7, 11) is 0. The molecule has 0 amide bonds. The van der Waals surface area contributed by atoms with Gasteiger partial charge in [0.05, 0.1) is 11.7 Å². The molecule has 1 atom stereocenters. The molecule has 2 aromatic heterocycles. The molecule has 0 bridgehead atoms. The SMILES string of the molecule is CCc1cc(CC(NN)c2sccc2C)n(CC)n1. The Bertz CT molecular complexity index is 529. The van der Waals surface area contributed by atoms with Gasteiger partial charge in [0.25, 0.3) is 0 Å². The van der Waals surface area contributed by atoms with Crippen molar-refractivity contribution in [1.29, 1.82) is 0 Å². The topological polar surface area (TPSA) is 55.9 Å². The van der Waals surface area contributed by atoms with E-state index < -0.39 is 0 Å². The van der Waals surface area contributed by atoms with Gasteiger partial charge < -0.3 is 0 Å². The van der Waals surface area contributed by atoms with Crippen LogP contribution in [0, 0.1) is 6.92 Å². The van der Waals surface area contributed by atoms with Crippen molar-refractivity contribution in [3.63, 3.8) is 0 Å². The zero-order valence-electron chi connectivity index (χ0n) is 11.8. The largest absolute Gasteiger partial charge is 0.271 e. The maximum absolute atomic E-state index is 5.74. The third-order valence-corrected chi connectivity index (χ3v) is 4.54. The molecule has 2 aromatic rings. The maximum atomic E-state index is 5.74. The van der Waals surface area contributed by atoms with Crippen molar-refractivity contribution in [1.82, 2.24) is 15.2 Å². The highest BCUT2D eigenvalue weighted by atomic mass is 32.1. The van der Waals surface area contributed by atoms with E-state index in [1.165, 1.54) is 16.1 Å². The van der Waals surface area contributed by atoms with Crippen LogP contribution in [0.2, 0.25) is 0 Å². The van der Waals surface area contributed by atoms with E-state index in [0.29, 0.717) is 0 Å². The highest BCUT2D eigenvalue weighted by molar-refractivity contribution is 7.10. The smallest absolute Gasteiger partial charge is 0.0624 e. The first kappa shape index (κ1) is 14.2. The average Bonchev–Trinajstić information content (AvgIpc) is 3.01. The Hall–Kier alpha value is -1.17. The molecule has 19 heavy (non-hydrogen) atoms. The van der Waals surface area contributed by atoms with Gasteiger partial charge in [-0.3, -0.25) is 16.0 Å². The molecule has 2 heterocycles. The summed E-state index contributed by atoms with van der Waals surface area (Å²) >= 11 is 1.76. The first-order chi connectivity index (χ1) is 9.19. The number of thiophene rings is 1. The lowest BCUT2D eigenvalue weighted by molar-refractivity contribution is 0.521. The lowest BCUT2D eigenvalue weighted by Crippen LogP contribution is -2.30. The van der Waals surface area contributed by atoms with Crippen LogP contribution in [0.3, 0.4) is 0 Å². The summed E-state index contributed by atoms with van der Waals surface area (Å²) in [5.74, 6) is 5.74. The van der Waals surface area contributed by atoms with Crippen molar-refractivity contribution in [3.8, 4) is 0 Å². The Kier molecular flexibility index (Phi) is 4.74. The molecule has 0 aliphatic rings. The Morgan fingerprint density at radius 1 is 1.47 bits per heavy atom. The molecule has 0 aliphatic carbocycles. The van der Waals surface area contributed by atoms with Crippen LogP contribution in [0.5, 0.6) is 0 Å². The van der Waals surface area contributed by atoms with Crippen LogP contribution in [0.15, 0.2) is 17.5 Å². The molecule has 0 aromatic carbocycles. The number of aromatic nitrogens is 2. The van der Waals surface area contributed by atoms with Gasteiger partial charge in [-0.2, -0.15) is 5.10 Å². The normalized spacial score (nSPS) is 12.8. The molecule has 0 radical (unpaired) electrons. The van der Waals surface area contributed by atoms with Crippen molar-refractivity contribution >= 4 is 11.3 Å². The number of hydrogen-bond acceptors (Lipinski definition) is 4. The molecule has 0 aliphatic heterocycles. The first-order valence-electron chi connectivity index (χ1n) is 6.75. The summed E-state index contributed by atoms with van der Waals surface area (Å²) in [6.45, 7) is 7.28. The molecular weight excluding hydrogens is 256 g/mol. The number of hydrazine groups is 1. The van der Waals surface area contributed by atoms with Gasteiger partial charge in [0.2, 0.25) is 0 Å². The van der Waals surface area contributed by atoms with E-state index in [2.05, 4.69) is 53.5 Å². The van der Waals surface area contributed by atoms with Crippen LogP contribution < -0.4 is 11.3 Å². The monoisotopic (exact) mass is 278 g/mol. The predicted octanol–water partition coefficient (Wildman–Crippen LogP) is 2.58. The van der Waals surface area contributed by atoms with Crippen LogP contribution in [0.25, 0.3) is 0 Å². The number of aryl methyl sites for hydroxylation is 3. The molecular formula is C14H22N4S. The van der Waals surface area contributed by atoms with Gasteiger partial charge in [0.15, 0.2) is 0 Å². The average molecular weight is 278 g/mol. The maximum Gasteiger partial charge on any atom is 0.0624 e. The lowest BCUT2D eigenvalue weighted by atomic mass is 10.1. The van der Waals surface area contributed by atoms with E-state index in [1.54, 1.807) is 11.3 Å². The van der Waals surface area contributed by atoms with Crippen molar-refractivity contribution < 1.29 is 0 Å². The highest BCUT2D eigenvalue weighted by Crippen LogP contribution is 2.26. The number of nitrogens with two attached hydrogens (primary N) is 1. The molecule has 0 saturated heterocycles. The predicted molar refractivity (Wildman–Crippen MR) is 80.1 cm³/mol. The summed E-state index contributed by atoms with van der Waals surface area (Å²) in [5.41, 5.74) is 6.63. The molecule has 0 saturated carbocycles. The van der Waals surface area contributed by atoms with Gasteiger partial charge in [-0.25, -0.2) is 0 Å². The fourth-order valence-corrected chi connectivity index (χ4v) is 3.29. The minimum Gasteiger partial charge on any atom is -0.271 e. The molecule has 0 spiro atoms. The van der Waals surface area contributed by atoms with Crippen molar-refractivity contribution in [3.05, 3.63) is 39.3 Å². The van der Waals surface area contributed by atoms with Gasteiger partial charge in [0, 0.05) is 23.5 Å². The molecule has 0 fully saturated rings. The second kappa shape index (κ2) is 6.32. The van der Waals surface area contributed by atoms with Crippen LogP contribution >= 0.6 is 11.3 Å². The Labute approximate surface area is 118 Å². The molecule has 4 nitrogen and oxygen atoms in total. The third kappa shape index (κ3) is 3.05. The van der Waals surface area contributed by atoms with Crippen LogP contribution in [0.4, 0.5) is 0 Å². The van der Waals surface area contributed by atoms with Gasteiger partial charge in [-0.05, 0) is 43.3 Å². The fraction of sp³-hybridized carbons (Fsp3) is 0.500. The van der Waals surface area contributed by atoms with E-state index >= 15 is 0 Å². The quantitative estimate of drug-likeness (QED) is 0.631. The van der Waals surface area contributed by atoms with Crippen LogP contribution in [0.1, 0.15) is 41.7 Å². The minimum atomic E-state index is 0.159. The standard InChI is InChI=1S/C14H22N4S/c1-4-11-8-12(18(5-2)17-11)9-13(16-15)14-10(3)6-7-19-14/h6-8,13,16H,4-5,9,15H2,1-3H3. The lowest BCUT2D eigenvalue weighted by Gasteiger charge is -2.16. The molecule has 3 N–H and O–H groups in total. The number of rotatable bonds is 6. The summed E-state index contributed by atoms with van der Waals surface area (Å²) in [6.07, 6.45) is 1.84. The second-order valence-electron chi connectivity index (χ2n) is 4.69. The van der Waals surface area contributed by atoms with E-state index in [1.807, 2.05) is 0 Å². The Balaban J connectivity index is 2.23. The number of nitrogens with zero attached hydrogens (tertiary/aromatic N) is 2. The molecule has 1 unspecified atom stereocenters. The number of hydrogen-bond donors (Lipinski definition) is 2. The van der Waals surface area contributed by atoms with Gasteiger partial charge in [-0.15, -0.1) is 11.3 Å². The minimum absolute atomic E-state index is 0.159. The second-order valence-corrected chi connectivity index (χ2v) is 5.64. The Morgan fingerprint density at radius 3 is 2.79 bits per heavy atom. The van der Waals surface area contributed by atoms with Crippen LogP contribution in [-0.4, -0.2) is 9.78 Å². The molecule has 104 valence electrons. The van der Waals surface area contributed by atoms with Crippen molar-refractivity contribution in [2.24, 2.45) is 5.84 Å². The zero-order valence-corrected chi connectivity index (χ0v) is 12.6. The van der Waals surface area contributed by atoms with E-state index in [0.717, 1.165) is 25.1 Å². The van der Waals surface area contributed by atoms with E-state index in [-0.39, 0.29) is 6.04 Å². The van der Waals surface area contributed by atoms with Crippen molar-refractivity contribution in [2.45, 2.75) is 46.2 Å². The summed E-state index contributed by atoms with van der Waals surface area (Å²) in [6, 6.07) is 4.49. The van der Waals surface area contributed by atoms with E-state index in [4.69, 9.17) is 5.84 Å². The van der Waals surface area contributed by atoms with Crippen LogP contribution in [-0.2, 0) is 19.4 Å². The van der Waals surface area contributed by atoms with Gasteiger partial charge >= 0.3 is 0 Å². The molecule has 2 rings (SSSR count). The first-order valence-corrected chi connectivity index (χ1v) is 7.63. The summed E-state index contributed by atoms with van der Waals surface area (Å²) < 4.78 is 2.08. The third-order valence-electron chi connectivity index (χ3n) is 3.41. The number of nitrogens with one attached hydrogen (secondary N) is 1. The highest BCUT2D eigenvalue weighted by Gasteiger charge is 2.17. The Morgan fingerprint density at radius 2 is 2.26 bits per heavy atom. The summed E-state index contributed by atoms with van der Waals surface area (Å²) in [4.78, 5) is 1.31.